The van der Waals surface area contributed by atoms with Crippen molar-refractivity contribution in [2.75, 3.05) is 48.7 Å². The minimum atomic E-state index is -3.44. The number of hydrogen-bond acceptors (Lipinski definition) is 6. The van der Waals surface area contributed by atoms with E-state index in [1.807, 2.05) is 49.0 Å². The summed E-state index contributed by atoms with van der Waals surface area (Å²) in [6.45, 7) is 5.14. The number of ether oxygens (including phenoxy) is 1. The first-order valence-electron chi connectivity index (χ1n) is 11.0. The summed E-state index contributed by atoms with van der Waals surface area (Å²) in [6, 6.07) is 15.3. The molecule has 2 heterocycles. The zero-order valence-electron chi connectivity index (χ0n) is 18.9. The summed E-state index contributed by atoms with van der Waals surface area (Å²) in [5.74, 6) is 2.92. The molecule has 3 aromatic rings. The fourth-order valence-electron chi connectivity index (χ4n) is 4.20. The molecule has 2 aromatic carbocycles. The lowest BCUT2D eigenvalue weighted by atomic mass is 10.1. The maximum atomic E-state index is 12.6. The molecule has 174 valence electrons. The van der Waals surface area contributed by atoms with E-state index in [1.165, 1.54) is 0 Å². The minimum absolute atomic E-state index is 0.0733. The molecule has 0 aliphatic carbocycles. The molecule has 1 saturated heterocycles. The van der Waals surface area contributed by atoms with Crippen molar-refractivity contribution in [2.24, 2.45) is 0 Å². The minimum Gasteiger partial charge on any atom is -0.497 e. The topological polar surface area (TPSA) is 87.4 Å². The van der Waals surface area contributed by atoms with Gasteiger partial charge >= 0.3 is 0 Å². The van der Waals surface area contributed by atoms with Crippen molar-refractivity contribution >= 4 is 38.4 Å². The Morgan fingerprint density at radius 3 is 2.52 bits per heavy atom. The molecule has 0 saturated carbocycles. The molecule has 0 amide bonds. The van der Waals surface area contributed by atoms with Crippen LogP contribution in [0, 0.1) is 11.3 Å². The van der Waals surface area contributed by atoms with Gasteiger partial charge in [-0.15, -0.1) is 0 Å². The highest BCUT2D eigenvalue weighted by molar-refractivity contribution is 7.99. The molecule has 0 radical (unpaired) electrons. The first kappa shape index (κ1) is 23.5. The highest BCUT2D eigenvalue weighted by atomic mass is 32.2. The van der Waals surface area contributed by atoms with Gasteiger partial charge in [0.1, 0.15) is 11.8 Å². The molecule has 1 fully saturated rings. The third-order valence-electron chi connectivity index (χ3n) is 5.91. The van der Waals surface area contributed by atoms with Gasteiger partial charge in [0, 0.05) is 54.8 Å². The molecule has 33 heavy (non-hydrogen) atoms. The van der Waals surface area contributed by atoms with Crippen LogP contribution in [0.5, 0.6) is 5.75 Å². The Morgan fingerprint density at radius 1 is 1.15 bits per heavy atom. The number of methoxy groups -OCH3 is 1. The predicted molar refractivity (Wildman–Crippen MR) is 135 cm³/mol. The molecule has 1 N–H and O–H groups in total. The van der Waals surface area contributed by atoms with Crippen LogP contribution in [0.3, 0.4) is 0 Å². The monoisotopic (exact) mass is 484 g/mol. The second kappa shape index (κ2) is 10.1. The number of rotatable bonds is 8. The highest BCUT2D eigenvalue weighted by Crippen LogP contribution is 2.35. The third-order valence-corrected chi connectivity index (χ3v) is 8.12. The lowest BCUT2D eigenvalue weighted by molar-refractivity contribution is 0.320. The number of aryl methyl sites for hydroxylation is 1. The van der Waals surface area contributed by atoms with E-state index in [2.05, 4.69) is 20.3 Å². The molecule has 1 aromatic heterocycles. The van der Waals surface area contributed by atoms with E-state index in [4.69, 9.17) is 4.74 Å². The molecule has 1 aliphatic heterocycles. The standard InChI is InChI=1S/C24H28N4O3S2/c1-3-28-23-16-20(31-2)8-9-21(23)22(17-25)24(28)18-4-6-19(7-5-18)26-33(29,30)15-12-27-10-13-32-14-11-27/h4-9,16,26H,3,10-15H2,1-2H3. The fourth-order valence-corrected chi connectivity index (χ4v) is 6.27. The number of benzene rings is 2. The number of nitriles is 1. The molecule has 1 aliphatic rings. The van der Waals surface area contributed by atoms with Crippen molar-refractivity contribution in [1.82, 2.24) is 9.47 Å². The van der Waals surface area contributed by atoms with Gasteiger partial charge in [-0.05, 0) is 36.8 Å². The van der Waals surface area contributed by atoms with Crippen molar-refractivity contribution < 1.29 is 13.2 Å². The fraction of sp³-hybridized carbons (Fsp3) is 0.375. The number of anilines is 1. The van der Waals surface area contributed by atoms with E-state index < -0.39 is 10.0 Å². The van der Waals surface area contributed by atoms with Crippen LogP contribution in [0.2, 0.25) is 0 Å². The molecular weight excluding hydrogens is 456 g/mol. The Bertz CT molecular complexity index is 1270. The van der Waals surface area contributed by atoms with E-state index in [-0.39, 0.29) is 5.75 Å². The van der Waals surface area contributed by atoms with Crippen LogP contribution in [0.15, 0.2) is 42.5 Å². The van der Waals surface area contributed by atoms with Gasteiger partial charge < -0.3 is 14.2 Å². The van der Waals surface area contributed by atoms with Crippen LogP contribution in [0.25, 0.3) is 22.2 Å². The quantitative estimate of drug-likeness (QED) is 0.520. The molecule has 9 heteroatoms. The van der Waals surface area contributed by atoms with Crippen LogP contribution in [-0.4, -0.2) is 61.9 Å². The zero-order chi connectivity index (χ0) is 23.4. The lowest BCUT2D eigenvalue weighted by Crippen LogP contribution is -2.37. The van der Waals surface area contributed by atoms with Crippen LogP contribution in [0.4, 0.5) is 5.69 Å². The summed E-state index contributed by atoms with van der Waals surface area (Å²) in [6.07, 6.45) is 0. The van der Waals surface area contributed by atoms with Gasteiger partial charge in [-0.3, -0.25) is 4.72 Å². The average Bonchev–Trinajstić information content (AvgIpc) is 3.16. The van der Waals surface area contributed by atoms with Gasteiger partial charge in [-0.25, -0.2) is 8.42 Å². The summed E-state index contributed by atoms with van der Waals surface area (Å²) in [5.41, 5.74) is 3.73. The van der Waals surface area contributed by atoms with Gasteiger partial charge in [-0.1, -0.05) is 12.1 Å². The number of aromatic nitrogens is 1. The largest absolute Gasteiger partial charge is 0.497 e. The van der Waals surface area contributed by atoms with Crippen LogP contribution in [-0.2, 0) is 16.6 Å². The zero-order valence-corrected chi connectivity index (χ0v) is 20.5. The van der Waals surface area contributed by atoms with Crippen LogP contribution >= 0.6 is 11.8 Å². The number of sulfonamides is 1. The van der Waals surface area contributed by atoms with Crippen molar-refractivity contribution in [3.63, 3.8) is 0 Å². The number of hydrogen-bond donors (Lipinski definition) is 1. The predicted octanol–water partition coefficient (Wildman–Crippen LogP) is 4.00. The SMILES string of the molecule is CCn1c(-c2ccc(NS(=O)(=O)CCN3CCSCC3)cc2)c(C#N)c2ccc(OC)cc21. The molecule has 0 bridgehead atoms. The van der Waals surface area contributed by atoms with E-state index in [1.54, 1.807) is 19.2 Å². The van der Waals surface area contributed by atoms with Crippen LogP contribution in [0.1, 0.15) is 12.5 Å². The molecule has 0 spiro atoms. The summed E-state index contributed by atoms with van der Waals surface area (Å²) in [5, 5.41) is 10.8. The van der Waals surface area contributed by atoms with Gasteiger partial charge in [0.15, 0.2) is 0 Å². The van der Waals surface area contributed by atoms with E-state index in [0.29, 0.717) is 24.3 Å². The molecule has 4 rings (SSSR count). The second-order valence-corrected chi connectivity index (χ2v) is 11.0. The maximum Gasteiger partial charge on any atom is 0.233 e. The number of fused-ring (bicyclic) bond motifs is 1. The normalized spacial score (nSPS) is 14.8. The Balaban J connectivity index is 1.57. The van der Waals surface area contributed by atoms with E-state index in [0.717, 1.165) is 52.5 Å². The number of nitrogens with zero attached hydrogens (tertiary/aromatic N) is 3. The Morgan fingerprint density at radius 2 is 1.88 bits per heavy atom. The van der Waals surface area contributed by atoms with Gasteiger partial charge in [0.05, 0.1) is 29.6 Å². The van der Waals surface area contributed by atoms with Crippen LogP contribution < -0.4 is 9.46 Å². The summed E-state index contributed by atoms with van der Waals surface area (Å²) >= 11 is 1.91. The van der Waals surface area contributed by atoms with Crippen molar-refractivity contribution in [3.8, 4) is 23.1 Å². The molecule has 0 unspecified atom stereocenters. The smallest absolute Gasteiger partial charge is 0.233 e. The second-order valence-electron chi connectivity index (χ2n) is 7.92. The first-order valence-corrected chi connectivity index (χ1v) is 13.8. The number of nitrogens with one attached hydrogen (secondary N) is 1. The Hall–Kier alpha value is -2.67. The molecule has 7 nitrogen and oxygen atoms in total. The van der Waals surface area contributed by atoms with Crippen molar-refractivity contribution in [1.29, 1.82) is 5.26 Å². The molecular formula is C24H28N4O3S2. The maximum absolute atomic E-state index is 12.6. The van der Waals surface area contributed by atoms with Gasteiger partial charge in [0.2, 0.25) is 10.0 Å². The summed E-state index contributed by atoms with van der Waals surface area (Å²) < 4.78 is 35.3. The van der Waals surface area contributed by atoms with Gasteiger partial charge in [0.25, 0.3) is 0 Å². The van der Waals surface area contributed by atoms with E-state index in [9.17, 15) is 13.7 Å². The summed E-state index contributed by atoms with van der Waals surface area (Å²) in [4.78, 5) is 2.20. The summed E-state index contributed by atoms with van der Waals surface area (Å²) in [7, 11) is -1.81. The van der Waals surface area contributed by atoms with Crippen molar-refractivity contribution in [2.45, 2.75) is 13.5 Å². The Labute approximate surface area is 199 Å². The third kappa shape index (κ3) is 5.13. The number of thioether (sulfide) groups is 1. The van der Waals surface area contributed by atoms with Gasteiger partial charge in [-0.2, -0.15) is 17.0 Å². The average molecular weight is 485 g/mol. The first-order chi connectivity index (χ1) is 16.0. The lowest BCUT2D eigenvalue weighted by Gasteiger charge is -2.25. The highest BCUT2D eigenvalue weighted by Gasteiger charge is 2.19. The van der Waals surface area contributed by atoms with Crippen molar-refractivity contribution in [3.05, 3.63) is 48.0 Å². The Kier molecular flexibility index (Phi) is 7.17. The molecule has 0 atom stereocenters. The van der Waals surface area contributed by atoms with E-state index >= 15 is 0 Å².